The molecule has 0 unspecified atom stereocenters. The number of oxime groups is 1. The molecule has 1 aromatic heterocycles. The summed E-state index contributed by atoms with van der Waals surface area (Å²) in [5.74, 6) is 0. The first kappa shape index (κ1) is 10.0. The molecule has 0 saturated carbocycles. The van der Waals surface area contributed by atoms with Crippen molar-refractivity contribution < 1.29 is 4.84 Å². The quantitative estimate of drug-likeness (QED) is 0.786. The highest BCUT2D eigenvalue weighted by Crippen LogP contribution is 2.28. The van der Waals surface area contributed by atoms with E-state index in [1.165, 1.54) is 0 Å². The molecule has 0 spiro atoms. The Balaban J connectivity index is 1.78. The number of rotatable bonds is 2. The summed E-state index contributed by atoms with van der Waals surface area (Å²) < 4.78 is 0. The maximum atomic E-state index is 5.47. The highest BCUT2D eigenvalue weighted by Gasteiger charge is 2.23. The van der Waals surface area contributed by atoms with Gasteiger partial charge in [0.1, 0.15) is 0 Å². The van der Waals surface area contributed by atoms with E-state index in [9.17, 15) is 0 Å². The normalized spacial score (nSPS) is 18.6. The van der Waals surface area contributed by atoms with Crippen molar-refractivity contribution in [2.75, 3.05) is 0 Å². The van der Waals surface area contributed by atoms with Gasteiger partial charge in [0.15, 0.2) is 6.10 Å². The molecule has 0 radical (unpaired) electrons. The van der Waals surface area contributed by atoms with Crippen LogP contribution in [0.25, 0.3) is 0 Å². The highest BCUT2D eigenvalue weighted by atomic mass is 16.6. The molecule has 0 fully saturated rings. The third-order valence-electron chi connectivity index (χ3n) is 2.84. The molecule has 17 heavy (non-hydrogen) atoms. The Hall–Kier alpha value is -2.16. The molecule has 0 bridgehead atoms. The first-order valence-electron chi connectivity index (χ1n) is 5.61. The number of hydrogen-bond donors (Lipinski definition) is 0. The van der Waals surface area contributed by atoms with Gasteiger partial charge in [-0.25, -0.2) is 0 Å². The number of nitrogens with zero attached hydrogens (tertiary/aromatic N) is 2. The summed E-state index contributed by atoms with van der Waals surface area (Å²) in [5.41, 5.74) is 3.16. The van der Waals surface area contributed by atoms with Gasteiger partial charge in [-0.2, -0.15) is 0 Å². The van der Waals surface area contributed by atoms with Crippen LogP contribution >= 0.6 is 0 Å². The molecule has 1 atom stereocenters. The predicted molar refractivity (Wildman–Crippen MR) is 65.7 cm³/mol. The summed E-state index contributed by atoms with van der Waals surface area (Å²) in [7, 11) is 0. The van der Waals surface area contributed by atoms with E-state index in [2.05, 4.69) is 22.3 Å². The topological polar surface area (TPSA) is 34.5 Å². The van der Waals surface area contributed by atoms with Crippen LogP contribution < -0.4 is 0 Å². The molecular weight excluding hydrogens is 212 g/mol. The number of benzene rings is 1. The van der Waals surface area contributed by atoms with Crippen LogP contribution in [0.4, 0.5) is 0 Å². The molecule has 1 aliphatic heterocycles. The molecule has 2 aromatic rings. The van der Waals surface area contributed by atoms with Gasteiger partial charge in [-0.05, 0) is 17.7 Å². The summed E-state index contributed by atoms with van der Waals surface area (Å²) in [6.45, 7) is 0. The zero-order valence-corrected chi connectivity index (χ0v) is 9.28. The summed E-state index contributed by atoms with van der Waals surface area (Å²) in [6, 6.07) is 14.1. The van der Waals surface area contributed by atoms with Crippen LogP contribution in [0.2, 0.25) is 0 Å². The van der Waals surface area contributed by atoms with Crippen LogP contribution in [0.3, 0.4) is 0 Å². The van der Waals surface area contributed by atoms with Crippen LogP contribution in [-0.2, 0) is 4.84 Å². The molecule has 0 amide bonds. The van der Waals surface area contributed by atoms with Crippen LogP contribution in [0.5, 0.6) is 0 Å². The second kappa shape index (κ2) is 4.37. The van der Waals surface area contributed by atoms with Crippen molar-refractivity contribution >= 4 is 5.71 Å². The minimum absolute atomic E-state index is 0.0337. The van der Waals surface area contributed by atoms with Crippen LogP contribution in [0.15, 0.2) is 60.0 Å². The van der Waals surface area contributed by atoms with E-state index in [1.54, 1.807) is 6.20 Å². The van der Waals surface area contributed by atoms with Gasteiger partial charge in [0.05, 0.1) is 5.71 Å². The van der Waals surface area contributed by atoms with E-state index in [0.29, 0.717) is 0 Å². The van der Waals surface area contributed by atoms with Gasteiger partial charge in [0.2, 0.25) is 0 Å². The number of hydrogen-bond acceptors (Lipinski definition) is 3. The molecule has 0 aliphatic carbocycles. The zero-order valence-electron chi connectivity index (χ0n) is 9.28. The van der Waals surface area contributed by atoms with Crippen molar-refractivity contribution in [1.82, 2.24) is 4.98 Å². The number of aromatic nitrogens is 1. The van der Waals surface area contributed by atoms with Gasteiger partial charge in [0, 0.05) is 24.4 Å². The molecule has 0 saturated heterocycles. The molecule has 3 nitrogen and oxygen atoms in total. The average Bonchev–Trinajstić information content (AvgIpc) is 2.90. The van der Waals surface area contributed by atoms with Crippen molar-refractivity contribution in [2.45, 2.75) is 12.5 Å². The average molecular weight is 224 g/mol. The van der Waals surface area contributed by atoms with E-state index >= 15 is 0 Å². The summed E-state index contributed by atoms with van der Waals surface area (Å²) in [5, 5.41) is 4.14. The Labute approximate surface area is 99.8 Å². The Kier molecular flexibility index (Phi) is 2.58. The fraction of sp³-hybridized carbons (Fsp3) is 0.143. The van der Waals surface area contributed by atoms with Gasteiger partial charge in [-0.1, -0.05) is 35.5 Å². The molecule has 3 rings (SSSR count). The fourth-order valence-corrected chi connectivity index (χ4v) is 1.93. The van der Waals surface area contributed by atoms with Crippen molar-refractivity contribution in [3.05, 3.63) is 66.0 Å². The number of pyridine rings is 1. The monoisotopic (exact) mass is 224 g/mol. The summed E-state index contributed by atoms with van der Waals surface area (Å²) in [4.78, 5) is 9.56. The van der Waals surface area contributed by atoms with Gasteiger partial charge in [-0.3, -0.25) is 4.98 Å². The second-order valence-electron chi connectivity index (χ2n) is 3.99. The lowest BCUT2D eigenvalue weighted by molar-refractivity contribution is 0.0857. The largest absolute Gasteiger partial charge is 0.387 e. The molecule has 1 aromatic carbocycles. The lowest BCUT2D eigenvalue weighted by Gasteiger charge is -2.07. The molecular formula is C14H12N2O. The van der Waals surface area contributed by atoms with Crippen LogP contribution in [0.1, 0.15) is 23.7 Å². The molecule has 2 heterocycles. The van der Waals surface area contributed by atoms with Crippen molar-refractivity contribution in [2.24, 2.45) is 5.16 Å². The molecule has 3 heteroatoms. The first-order chi connectivity index (χ1) is 8.43. The minimum atomic E-state index is 0.0337. The van der Waals surface area contributed by atoms with Crippen LogP contribution in [-0.4, -0.2) is 10.7 Å². The molecule has 0 N–H and O–H groups in total. The van der Waals surface area contributed by atoms with Gasteiger partial charge in [-0.15, -0.1) is 0 Å². The lowest BCUT2D eigenvalue weighted by atomic mass is 10.0. The summed E-state index contributed by atoms with van der Waals surface area (Å²) in [6.07, 6.45) is 4.41. The van der Waals surface area contributed by atoms with Crippen molar-refractivity contribution in [3.63, 3.8) is 0 Å². The van der Waals surface area contributed by atoms with E-state index < -0.39 is 0 Å². The smallest absolute Gasteiger partial charge is 0.158 e. The van der Waals surface area contributed by atoms with Crippen molar-refractivity contribution in [1.29, 1.82) is 0 Å². The van der Waals surface area contributed by atoms with Gasteiger partial charge >= 0.3 is 0 Å². The third-order valence-corrected chi connectivity index (χ3v) is 2.84. The van der Waals surface area contributed by atoms with Gasteiger partial charge in [0.25, 0.3) is 0 Å². The Bertz CT molecular complexity index is 522. The maximum absolute atomic E-state index is 5.47. The Morgan fingerprint density at radius 3 is 2.71 bits per heavy atom. The van der Waals surface area contributed by atoms with E-state index in [4.69, 9.17) is 4.84 Å². The lowest BCUT2D eigenvalue weighted by Crippen LogP contribution is -2.01. The minimum Gasteiger partial charge on any atom is -0.387 e. The van der Waals surface area contributed by atoms with E-state index in [1.807, 2.05) is 36.5 Å². The maximum Gasteiger partial charge on any atom is 0.158 e. The van der Waals surface area contributed by atoms with E-state index in [-0.39, 0.29) is 6.10 Å². The SMILES string of the molecule is c1ccc([C@@H]2CC(c3cccnc3)=NO2)cc1. The molecule has 84 valence electrons. The standard InChI is InChI=1S/C14H12N2O/c1-2-5-11(6-3-1)14-9-13(16-17-14)12-7-4-8-15-10-12/h1-8,10,14H,9H2/t14-/m0/s1. The second-order valence-corrected chi connectivity index (χ2v) is 3.99. The molecule has 1 aliphatic rings. The fourth-order valence-electron chi connectivity index (χ4n) is 1.93. The predicted octanol–water partition coefficient (Wildman–Crippen LogP) is 2.95. The highest BCUT2D eigenvalue weighted by molar-refractivity contribution is 6.01. The van der Waals surface area contributed by atoms with Crippen LogP contribution in [0, 0.1) is 0 Å². The van der Waals surface area contributed by atoms with Gasteiger partial charge < -0.3 is 4.84 Å². The first-order valence-corrected chi connectivity index (χ1v) is 5.61. The van der Waals surface area contributed by atoms with Crippen molar-refractivity contribution in [3.8, 4) is 0 Å². The summed E-state index contributed by atoms with van der Waals surface area (Å²) >= 11 is 0. The zero-order chi connectivity index (χ0) is 11.5. The Morgan fingerprint density at radius 2 is 1.94 bits per heavy atom. The Morgan fingerprint density at radius 1 is 1.06 bits per heavy atom. The van der Waals surface area contributed by atoms with E-state index in [0.717, 1.165) is 23.3 Å². The third kappa shape index (κ3) is 2.04.